The Morgan fingerprint density at radius 2 is 1.93 bits per heavy atom. The van der Waals surface area contributed by atoms with Crippen LogP contribution in [-0.4, -0.2) is 23.8 Å². The Balaban J connectivity index is 1.51. The van der Waals surface area contributed by atoms with Gasteiger partial charge in [0.1, 0.15) is 0 Å². The molecule has 0 aliphatic heterocycles. The molecular formula is C13H23NO. The highest BCUT2D eigenvalue weighted by Gasteiger charge is 2.55. The standard InChI is InChI=1S/C13H23NO/c1-12(2)10(7-11(12)15)14-8-13(5-6-13)9-3-4-9/h9-11,14-15H,3-8H2,1-2H3. The summed E-state index contributed by atoms with van der Waals surface area (Å²) < 4.78 is 0. The molecule has 2 atom stereocenters. The van der Waals surface area contributed by atoms with E-state index in [1.165, 1.54) is 32.2 Å². The van der Waals surface area contributed by atoms with Gasteiger partial charge < -0.3 is 10.4 Å². The zero-order chi connectivity index (χ0) is 10.7. The third-order valence-electron chi connectivity index (χ3n) is 5.25. The van der Waals surface area contributed by atoms with Crippen LogP contribution in [0.25, 0.3) is 0 Å². The van der Waals surface area contributed by atoms with Crippen molar-refractivity contribution >= 4 is 0 Å². The first-order chi connectivity index (χ1) is 7.05. The van der Waals surface area contributed by atoms with Gasteiger partial charge in [0, 0.05) is 18.0 Å². The predicted octanol–water partition coefficient (Wildman–Crippen LogP) is 1.93. The third kappa shape index (κ3) is 1.53. The minimum atomic E-state index is -0.0916. The second kappa shape index (κ2) is 2.98. The van der Waals surface area contributed by atoms with E-state index >= 15 is 0 Å². The summed E-state index contributed by atoms with van der Waals surface area (Å²) in [5.74, 6) is 1.04. The van der Waals surface area contributed by atoms with E-state index in [2.05, 4.69) is 19.2 Å². The molecule has 0 saturated heterocycles. The molecule has 0 aromatic rings. The van der Waals surface area contributed by atoms with Gasteiger partial charge in [-0.15, -0.1) is 0 Å². The van der Waals surface area contributed by atoms with E-state index in [1.807, 2.05) is 0 Å². The van der Waals surface area contributed by atoms with Gasteiger partial charge in [-0.2, -0.15) is 0 Å². The zero-order valence-corrected chi connectivity index (χ0v) is 9.92. The first-order valence-corrected chi connectivity index (χ1v) is 6.46. The quantitative estimate of drug-likeness (QED) is 0.741. The van der Waals surface area contributed by atoms with E-state index in [-0.39, 0.29) is 11.5 Å². The Hall–Kier alpha value is -0.0800. The summed E-state index contributed by atoms with van der Waals surface area (Å²) in [4.78, 5) is 0. The van der Waals surface area contributed by atoms with Crippen LogP contribution in [0.2, 0.25) is 0 Å². The summed E-state index contributed by atoms with van der Waals surface area (Å²) in [7, 11) is 0. The molecule has 3 aliphatic carbocycles. The second-order valence-electron chi connectivity index (χ2n) is 6.64. The molecule has 3 aliphatic rings. The van der Waals surface area contributed by atoms with Crippen LogP contribution in [0.3, 0.4) is 0 Å². The zero-order valence-electron chi connectivity index (χ0n) is 9.92. The van der Waals surface area contributed by atoms with E-state index in [0.29, 0.717) is 11.5 Å². The van der Waals surface area contributed by atoms with Crippen molar-refractivity contribution in [1.82, 2.24) is 5.32 Å². The molecule has 2 heteroatoms. The van der Waals surface area contributed by atoms with Gasteiger partial charge in [0.15, 0.2) is 0 Å². The second-order valence-corrected chi connectivity index (χ2v) is 6.64. The van der Waals surface area contributed by atoms with Gasteiger partial charge in [-0.3, -0.25) is 0 Å². The van der Waals surface area contributed by atoms with Gasteiger partial charge >= 0.3 is 0 Å². The van der Waals surface area contributed by atoms with E-state index in [0.717, 1.165) is 12.3 Å². The van der Waals surface area contributed by atoms with Crippen LogP contribution in [0.5, 0.6) is 0 Å². The average Bonchev–Trinajstić information content (AvgIpc) is 3.00. The molecule has 3 rings (SSSR count). The van der Waals surface area contributed by atoms with Crippen molar-refractivity contribution in [2.75, 3.05) is 6.54 Å². The molecule has 2 N–H and O–H groups in total. The van der Waals surface area contributed by atoms with Crippen LogP contribution < -0.4 is 5.32 Å². The minimum absolute atomic E-state index is 0.0916. The highest BCUT2D eigenvalue weighted by Crippen LogP contribution is 2.61. The molecule has 2 unspecified atom stereocenters. The highest BCUT2D eigenvalue weighted by molar-refractivity contribution is 5.08. The number of hydrogen-bond donors (Lipinski definition) is 2. The lowest BCUT2D eigenvalue weighted by Gasteiger charge is -2.50. The summed E-state index contributed by atoms with van der Waals surface area (Å²) in [6, 6.07) is 0.545. The molecule has 0 radical (unpaired) electrons. The molecule has 86 valence electrons. The topological polar surface area (TPSA) is 32.3 Å². The number of aliphatic hydroxyl groups is 1. The smallest absolute Gasteiger partial charge is 0.0621 e. The van der Waals surface area contributed by atoms with Gasteiger partial charge in [-0.05, 0) is 43.4 Å². The lowest BCUT2D eigenvalue weighted by Crippen LogP contribution is -2.60. The van der Waals surface area contributed by atoms with Crippen LogP contribution in [0.15, 0.2) is 0 Å². The van der Waals surface area contributed by atoms with Crippen molar-refractivity contribution in [1.29, 1.82) is 0 Å². The third-order valence-corrected chi connectivity index (χ3v) is 5.25. The molecule has 3 saturated carbocycles. The largest absolute Gasteiger partial charge is 0.392 e. The maximum Gasteiger partial charge on any atom is 0.0621 e. The predicted molar refractivity (Wildman–Crippen MR) is 60.6 cm³/mol. The maximum absolute atomic E-state index is 9.67. The van der Waals surface area contributed by atoms with Crippen LogP contribution >= 0.6 is 0 Å². The Labute approximate surface area is 92.4 Å². The van der Waals surface area contributed by atoms with Crippen molar-refractivity contribution in [3.05, 3.63) is 0 Å². The molecule has 3 fully saturated rings. The molecule has 0 heterocycles. The maximum atomic E-state index is 9.67. The molecular weight excluding hydrogens is 186 g/mol. The first kappa shape index (κ1) is 10.1. The SMILES string of the molecule is CC1(C)C(O)CC1NCC1(C2CC2)CC1. The molecule has 15 heavy (non-hydrogen) atoms. The summed E-state index contributed by atoms with van der Waals surface area (Å²) >= 11 is 0. The van der Waals surface area contributed by atoms with Crippen molar-refractivity contribution in [2.24, 2.45) is 16.7 Å². The van der Waals surface area contributed by atoms with Gasteiger partial charge in [-0.25, -0.2) is 0 Å². The number of nitrogens with one attached hydrogen (secondary N) is 1. The number of aliphatic hydroxyl groups excluding tert-OH is 1. The van der Waals surface area contributed by atoms with E-state index in [1.54, 1.807) is 0 Å². The van der Waals surface area contributed by atoms with Crippen LogP contribution in [-0.2, 0) is 0 Å². The van der Waals surface area contributed by atoms with E-state index in [9.17, 15) is 5.11 Å². The molecule has 0 aromatic heterocycles. The minimum Gasteiger partial charge on any atom is -0.392 e. The molecule has 0 aromatic carbocycles. The fraction of sp³-hybridized carbons (Fsp3) is 1.00. The van der Waals surface area contributed by atoms with Crippen molar-refractivity contribution in [3.8, 4) is 0 Å². The van der Waals surface area contributed by atoms with Crippen molar-refractivity contribution in [2.45, 2.75) is 58.1 Å². The van der Waals surface area contributed by atoms with Gasteiger partial charge in [-0.1, -0.05) is 13.8 Å². The van der Waals surface area contributed by atoms with Crippen LogP contribution in [0.4, 0.5) is 0 Å². The number of hydrogen-bond acceptors (Lipinski definition) is 2. The Kier molecular flexibility index (Phi) is 2.01. The summed E-state index contributed by atoms with van der Waals surface area (Å²) in [6.07, 6.45) is 6.69. The average molecular weight is 209 g/mol. The Morgan fingerprint density at radius 1 is 1.27 bits per heavy atom. The number of rotatable bonds is 4. The molecule has 2 nitrogen and oxygen atoms in total. The van der Waals surface area contributed by atoms with Gasteiger partial charge in [0.25, 0.3) is 0 Å². The van der Waals surface area contributed by atoms with Crippen LogP contribution in [0, 0.1) is 16.7 Å². The van der Waals surface area contributed by atoms with Crippen molar-refractivity contribution < 1.29 is 5.11 Å². The molecule has 0 spiro atoms. The fourth-order valence-electron chi connectivity index (χ4n) is 3.16. The van der Waals surface area contributed by atoms with Crippen molar-refractivity contribution in [3.63, 3.8) is 0 Å². The normalized spacial score (nSPS) is 41.0. The Bertz CT molecular complexity index is 266. The summed E-state index contributed by atoms with van der Waals surface area (Å²) in [6.45, 7) is 5.56. The van der Waals surface area contributed by atoms with E-state index < -0.39 is 0 Å². The molecule has 0 amide bonds. The van der Waals surface area contributed by atoms with E-state index in [4.69, 9.17) is 0 Å². The Morgan fingerprint density at radius 3 is 2.33 bits per heavy atom. The first-order valence-electron chi connectivity index (χ1n) is 6.46. The molecule has 0 bridgehead atoms. The highest BCUT2D eigenvalue weighted by atomic mass is 16.3. The summed E-state index contributed by atoms with van der Waals surface area (Å²) in [5.41, 5.74) is 0.788. The van der Waals surface area contributed by atoms with Gasteiger partial charge in [0.2, 0.25) is 0 Å². The van der Waals surface area contributed by atoms with Gasteiger partial charge in [0.05, 0.1) is 6.10 Å². The lowest BCUT2D eigenvalue weighted by molar-refractivity contribution is -0.0738. The monoisotopic (exact) mass is 209 g/mol. The lowest BCUT2D eigenvalue weighted by atomic mass is 9.64. The summed E-state index contributed by atoms with van der Waals surface area (Å²) in [5, 5.41) is 13.4. The van der Waals surface area contributed by atoms with Crippen LogP contribution in [0.1, 0.15) is 46.0 Å². The fourth-order valence-corrected chi connectivity index (χ4v) is 3.16.